The first-order valence-corrected chi connectivity index (χ1v) is 6.02. The molecule has 1 aromatic heterocycles. The predicted molar refractivity (Wildman–Crippen MR) is 65.6 cm³/mol. The summed E-state index contributed by atoms with van der Waals surface area (Å²) in [4.78, 5) is 11.4. The lowest BCUT2D eigenvalue weighted by atomic mass is 9.78. The van der Waals surface area contributed by atoms with Gasteiger partial charge in [-0.25, -0.2) is 0 Å². The molecule has 0 fully saturated rings. The first kappa shape index (κ1) is 13.7. The molecule has 0 radical (unpaired) electrons. The quantitative estimate of drug-likeness (QED) is 0.751. The second kappa shape index (κ2) is 5.82. The van der Waals surface area contributed by atoms with Crippen LogP contribution >= 0.6 is 0 Å². The van der Waals surface area contributed by atoms with Crippen molar-refractivity contribution in [2.45, 2.75) is 39.7 Å². The Morgan fingerprint density at radius 3 is 2.71 bits per heavy atom. The van der Waals surface area contributed by atoms with E-state index in [0.717, 1.165) is 18.5 Å². The van der Waals surface area contributed by atoms with Crippen LogP contribution in [0.3, 0.4) is 0 Å². The Morgan fingerprint density at radius 1 is 1.59 bits per heavy atom. The maximum atomic E-state index is 11.4. The molecular formula is C12H21N3O2. The maximum Gasteiger partial charge on any atom is 0.311 e. The van der Waals surface area contributed by atoms with Crippen LogP contribution in [0.4, 0.5) is 0 Å². The van der Waals surface area contributed by atoms with Gasteiger partial charge in [-0.05, 0) is 25.3 Å². The van der Waals surface area contributed by atoms with E-state index in [2.05, 4.69) is 5.10 Å². The highest BCUT2D eigenvalue weighted by molar-refractivity contribution is 5.75. The van der Waals surface area contributed by atoms with Crippen LogP contribution in [0.15, 0.2) is 12.4 Å². The summed E-state index contributed by atoms with van der Waals surface area (Å²) < 4.78 is 1.80. The average Bonchev–Trinajstić information content (AvgIpc) is 2.75. The number of rotatable bonds is 7. The number of aliphatic carboxylic acids is 1. The lowest BCUT2D eigenvalue weighted by molar-refractivity contribution is -0.148. The van der Waals surface area contributed by atoms with E-state index < -0.39 is 11.4 Å². The predicted octanol–water partition coefficient (Wildman–Crippen LogP) is 1.28. The molecule has 1 rings (SSSR count). The molecule has 1 heterocycles. The van der Waals surface area contributed by atoms with E-state index in [1.165, 1.54) is 0 Å². The van der Waals surface area contributed by atoms with Gasteiger partial charge in [-0.15, -0.1) is 0 Å². The number of aryl methyl sites for hydroxylation is 1. The lowest BCUT2D eigenvalue weighted by Crippen LogP contribution is -2.40. The second-order valence-corrected chi connectivity index (χ2v) is 4.42. The van der Waals surface area contributed by atoms with Crippen molar-refractivity contribution in [1.29, 1.82) is 0 Å². The SMILES string of the molecule is CCCC(CN)(Cc1cnn(CC)c1)C(=O)O. The van der Waals surface area contributed by atoms with E-state index >= 15 is 0 Å². The highest BCUT2D eigenvalue weighted by Gasteiger charge is 2.36. The highest BCUT2D eigenvalue weighted by Crippen LogP contribution is 2.28. The minimum atomic E-state index is -0.851. The third-order valence-corrected chi connectivity index (χ3v) is 3.13. The van der Waals surface area contributed by atoms with Crippen molar-refractivity contribution in [3.8, 4) is 0 Å². The van der Waals surface area contributed by atoms with Gasteiger partial charge in [-0.3, -0.25) is 9.48 Å². The van der Waals surface area contributed by atoms with E-state index in [1.807, 2.05) is 20.0 Å². The fourth-order valence-electron chi connectivity index (χ4n) is 2.07. The molecule has 0 amide bonds. The van der Waals surface area contributed by atoms with Gasteiger partial charge in [0.25, 0.3) is 0 Å². The van der Waals surface area contributed by atoms with Crippen molar-refractivity contribution in [1.82, 2.24) is 9.78 Å². The van der Waals surface area contributed by atoms with E-state index in [4.69, 9.17) is 5.73 Å². The third kappa shape index (κ3) is 3.06. The molecule has 5 nitrogen and oxygen atoms in total. The Kier molecular flexibility index (Phi) is 4.69. The van der Waals surface area contributed by atoms with Gasteiger partial charge < -0.3 is 10.8 Å². The Balaban J connectivity index is 2.88. The van der Waals surface area contributed by atoms with Gasteiger partial charge in [0.2, 0.25) is 0 Å². The topological polar surface area (TPSA) is 81.1 Å². The number of nitrogens with zero attached hydrogens (tertiary/aromatic N) is 2. The molecule has 1 aromatic rings. The number of aromatic nitrogens is 2. The van der Waals surface area contributed by atoms with Gasteiger partial charge in [0.15, 0.2) is 0 Å². The zero-order chi connectivity index (χ0) is 12.9. The van der Waals surface area contributed by atoms with Crippen LogP contribution in [0.1, 0.15) is 32.3 Å². The van der Waals surface area contributed by atoms with E-state index in [0.29, 0.717) is 12.8 Å². The Bertz CT molecular complexity index is 376. The van der Waals surface area contributed by atoms with Crippen LogP contribution in [0, 0.1) is 5.41 Å². The summed E-state index contributed by atoms with van der Waals surface area (Å²) in [5.41, 5.74) is 5.76. The first-order valence-electron chi connectivity index (χ1n) is 6.02. The number of nitrogens with two attached hydrogens (primary N) is 1. The molecule has 17 heavy (non-hydrogen) atoms. The van der Waals surface area contributed by atoms with Gasteiger partial charge in [0.05, 0.1) is 11.6 Å². The zero-order valence-electron chi connectivity index (χ0n) is 10.5. The average molecular weight is 239 g/mol. The summed E-state index contributed by atoms with van der Waals surface area (Å²) in [5.74, 6) is -0.814. The summed E-state index contributed by atoms with van der Waals surface area (Å²) >= 11 is 0. The van der Waals surface area contributed by atoms with Crippen molar-refractivity contribution in [3.05, 3.63) is 18.0 Å². The molecule has 96 valence electrons. The summed E-state index contributed by atoms with van der Waals surface area (Å²) in [7, 11) is 0. The van der Waals surface area contributed by atoms with Crippen LogP contribution in [-0.2, 0) is 17.8 Å². The fourth-order valence-corrected chi connectivity index (χ4v) is 2.07. The Labute approximate surface area is 102 Å². The molecule has 1 unspecified atom stereocenters. The van der Waals surface area contributed by atoms with Gasteiger partial charge >= 0.3 is 5.97 Å². The minimum Gasteiger partial charge on any atom is -0.481 e. The van der Waals surface area contributed by atoms with Gasteiger partial charge in [-0.2, -0.15) is 5.10 Å². The molecule has 0 aliphatic heterocycles. The molecule has 0 aliphatic carbocycles. The molecule has 1 atom stereocenters. The highest BCUT2D eigenvalue weighted by atomic mass is 16.4. The van der Waals surface area contributed by atoms with Crippen LogP contribution in [0.5, 0.6) is 0 Å². The minimum absolute atomic E-state index is 0.160. The molecule has 0 aliphatic rings. The largest absolute Gasteiger partial charge is 0.481 e. The van der Waals surface area contributed by atoms with Crippen LogP contribution in [-0.4, -0.2) is 27.4 Å². The van der Waals surface area contributed by atoms with Gasteiger partial charge in [0.1, 0.15) is 0 Å². The smallest absolute Gasteiger partial charge is 0.311 e. The molecule has 0 saturated heterocycles. The number of hydrogen-bond acceptors (Lipinski definition) is 3. The molecular weight excluding hydrogens is 218 g/mol. The molecule has 0 bridgehead atoms. The summed E-state index contributed by atoms with van der Waals surface area (Å²) in [6, 6.07) is 0. The van der Waals surface area contributed by atoms with Crippen molar-refractivity contribution in [2.24, 2.45) is 11.1 Å². The standard InChI is InChI=1S/C12H21N3O2/c1-3-5-12(9-13,11(16)17)6-10-7-14-15(4-2)8-10/h7-8H,3-6,9,13H2,1-2H3,(H,16,17). The molecule has 0 spiro atoms. The summed E-state index contributed by atoms with van der Waals surface area (Å²) in [6.45, 7) is 4.92. The second-order valence-electron chi connectivity index (χ2n) is 4.42. The maximum absolute atomic E-state index is 11.4. The summed E-state index contributed by atoms with van der Waals surface area (Å²) in [6.07, 6.45) is 5.48. The third-order valence-electron chi connectivity index (χ3n) is 3.13. The lowest BCUT2D eigenvalue weighted by Gasteiger charge is -2.26. The molecule has 3 N–H and O–H groups in total. The number of carbonyl (C=O) groups is 1. The number of carboxylic acid groups (broad SMARTS) is 1. The van der Waals surface area contributed by atoms with Crippen LogP contribution in [0.2, 0.25) is 0 Å². The number of carboxylic acids is 1. The fraction of sp³-hybridized carbons (Fsp3) is 0.667. The van der Waals surface area contributed by atoms with Gasteiger partial charge in [-0.1, -0.05) is 13.3 Å². The molecule has 0 aromatic carbocycles. The first-order chi connectivity index (χ1) is 8.07. The van der Waals surface area contributed by atoms with Crippen LogP contribution in [0.25, 0.3) is 0 Å². The van der Waals surface area contributed by atoms with Gasteiger partial charge in [0, 0.05) is 19.3 Å². The van der Waals surface area contributed by atoms with E-state index in [9.17, 15) is 9.90 Å². The van der Waals surface area contributed by atoms with Crippen molar-refractivity contribution in [3.63, 3.8) is 0 Å². The Morgan fingerprint density at radius 2 is 2.29 bits per heavy atom. The number of hydrogen-bond donors (Lipinski definition) is 2. The summed E-state index contributed by atoms with van der Waals surface area (Å²) in [5, 5.41) is 13.5. The zero-order valence-corrected chi connectivity index (χ0v) is 10.5. The Hall–Kier alpha value is -1.36. The monoisotopic (exact) mass is 239 g/mol. The van der Waals surface area contributed by atoms with Crippen molar-refractivity contribution >= 4 is 5.97 Å². The van der Waals surface area contributed by atoms with E-state index in [1.54, 1.807) is 10.9 Å². The van der Waals surface area contributed by atoms with Crippen molar-refractivity contribution < 1.29 is 9.90 Å². The molecule has 5 heteroatoms. The van der Waals surface area contributed by atoms with E-state index in [-0.39, 0.29) is 6.54 Å². The normalized spacial score (nSPS) is 14.5. The van der Waals surface area contributed by atoms with Crippen LogP contribution < -0.4 is 5.73 Å². The van der Waals surface area contributed by atoms with Crippen molar-refractivity contribution in [2.75, 3.05) is 6.54 Å². The molecule has 0 saturated carbocycles.